The Hall–Kier alpha value is -9.28. The molecule has 0 heterocycles. The minimum Gasteiger partial charge on any atom is -0.490 e. The van der Waals surface area contributed by atoms with Crippen molar-refractivity contribution in [3.05, 3.63) is 203 Å². The molecule has 0 atom stereocenters. The molecule has 71 heavy (non-hydrogen) atoms. The molecule has 8 heteroatoms. The Kier molecular flexibility index (Phi) is 12.2. The van der Waals surface area contributed by atoms with E-state index in [2.05, 4.69) is 62.4 Å². The van der Waals surface area contributed by atoms with Crippen LogP contribution in [0.25, 0.3) is 87.6 Å². The van der Waals surface area contributed by atoms with Crippen molar-refractivity contribution in [3.63, 3.8) is 0 Å². The summed E-state index contributed by atoms with van der Waals surface area (Å²) in [5.41, 5.74) is 9.38. The molecule has 0 bridgehead atoms. The predicted molar refractivity (Wildman–Crippen MR) is 281 cm³/mol. The summed E-state index contributed by atoms with van der Waals surface area (Å²) in [4.78, 5) is 0. The number of ether oxygens (including phenoxy) is 2. The van der Waals surface area contributed by atoms with E-state index in [1.807, 2.05) is 121 Å². The molecule has 0 aliphatic rings. The van der Waals surface area contributed by atoms with Crippen LogP contribution in [0.4, 0.5) is 0 Å². The van der Waals surface area contributed by atoms with Gasteiger partial charge in [0.25, 0.3) is 0 Å². The lowest BCUT2D eigenvalue weighted by molar-refractivity contribution is 0.202. The number of hydrogen-bond acceptors (Lipinski definition) is 8. The maximum absolute atomic E-state index is 10.3. The molecule has 10 aromatic rings. The van der Waals surface area contributed by atoms with E-state index in [9.17, 15) is 31.3 Å². The van der Waals surface area contributed by atoms with Gasteiger partial charge in [-0.15, -0.1) is 0 Å². The van der Waals surface area contributed by atoms with Crippen LogP contribution in [-0.4, -0.2) is 36.6 Å². The maximum atomic E-state index is 10.3. The summed E-state index contributed by atoms with van der Waals surface area (Å²) in [5, 5.41) is 68.2. The highest BCUT2D eigenvalue weighted by molar-refractivity contribution is 6.07. The third-order valence-electron chi connectivity index (χ3n) is 13.6. The molecule has 0 radical (unpaired) electrons. The first-order chi connectivity index (χ1) is 34.7. The number of fused-ring (bicyclic) bond motifs is 4. The molecule has 0 saturated heterocycles. The molecule has 0 unspecified atom stereocenters. The van der Waals surface area contributed by atoms with Gasteiger partial charge >= 0.3 is 0 Å². The van der Waals surface area contributed by atoms with Gasteiger partial charge < -0.3 is 19.7 Å². The predicted octanol–water partition coefficient (Wildman–Crippen LogP) is 13.5. The average molecular weight is 921 g/mol. The fraction of sp³-hybridized carbons (Fsp3) is 0.111. The zero-order valence-electron chi connectivity index (χ0n) is 39.0. The molecule has 2 N–H and O–H groups in total. The van der Waals surface area contributed by atoms with E-state index in [0.29, 0.717) is 33.8 Å². The van der Waals surface area contributed by atoms with Crippen molar-refractivity contribution in [1.29, 1.82) is 21.0 Å². The Morgan fingerprint density at radius 3 is 0.831 bits per heavy atom. The van der Waals surface area contributed by atoms with E-state index in [0.717, 1.165) is 98.7 Å². The van der Waals surface area contributed by atoms with Crippen molar-refractivity contribution in [1.82, 2.24) is 0 Å². The molecule has 10 aromatic carbocycles. The third kappa shape index (κ3) is 7.91. The van der Waals surface area contributed by atoms with Gasteiger partial charge in [0.15, 0.2) is 0 Å². The fourth-order valence-corrected chi connectivity index (χ4v) is 10.1. The van der Waals surface area contributed by atoms with Crippen LogP contribution >= 0.6 is 0 Å². The quantitative estimate of drug-likeness (QED) is 0.123. The summed E-state index contributed by atoms with van der Waals surface area (Å²) in [7, 11) is 0. The van der Waals surface area contributed by atoms with Crippen LogP contribution in [-0.2, 0) is 5.41 Å². The van der Waals surface area contributed by atoms with Crippen molar-refractivity contribution in [2.24, 2.45) is 0 Å². The number of aliphatic hydroxyl groups excluding tert-OH is 2. The summed E-state index contributed by atoms with van der Waals surface area (Å²) in [6.07, 6.45) is 0. The van der Waals surface area contributed by atoms with Crippen LogP contribution in [0.2, 0.25) is 0 Å². The molecule has 10 rings (SSSR count). The number of nitriles is 4. The Bertz CT molecular complexity index is 3470. The Morgan fingerprint density at radius 2 is 0.592 bits per heavy atom. The van der Waals surface area contributed by atoms with Crippen LogP contribution < -0.4 is 9.47 Å². The molecular weight excluding hydrogens is 877 g/mol. The first-order valence-corrected chi connectivity index (χ1v) is 23.3. The summed E-state index contributed by atoms with van der Waals surface area (Å²) >= 11 is 0. The molecule has 0 aliphatic heterocycles. The lowest BCUT2D eigenvalue weighted by Crippen LogP contribution is -2.20. The summed E-state index contributed by atoms with van der Waals surface area (Å²) in [5.74, 6) is 1.07. The van der Waals surface area contributed by atoms with E-state index in [4.69, 9.17) is 9.47 Å². The Balaban J connectivity index is 1.34. The minimum atomic E-state index is -0.826. The lowest BCUT2D eigenvalue weighted by Gasteiger charge is -2.31. The van der Waals surface area contributed by atoms with Crippen molar-refractivity contribution < 1.29 is 19.7 Å². The third-order valence-corrected chi connectivity index (χ3v) is 13.6. The zero-order valence-corrected chi connectivity index (χ0v) is 39.0. The number of aliphatic hydroxyl groups is 2. The van der Waals surface area contributed by atoms with Gasteiger partial charge in [0.1, 0.15) is 24.7 Å². The number of rotatable bonds is 12. The second-order valence-corrected chi connectivity index (χ2v) is 17.8. The van der Waals surface area contributed by atoms with E-state index < -0.39 is 5.41 Å². The highest BCUT2D eigenvalue weighted by Crippen LogP contribution is 2.51. The highest BCUT2D eigenvalue weighted by atomic mass is 16.5. The van der Waals surface area contributed by atoms with Gasteiger partial charge in [0.2, 0.25) is 0 Å². The summed E-state index contributed by atoms with van der Waals surface area (Å²) in [6.45, 7) is 3.87. The summed E-state index contributed by atoms with van der Waals surface area (Å²) < 4.78 is 13.3. The topological polar surface area (TPSA) is 154 Å². The van der Waals surface area contributed by atoms with E-state index in [-0.39, 0.29) is 26.4 Å². The van der Waals surface area contributed by atoms with Gasteiger partial charge in [0.05, 0.1) is 59.7 Å². The largest absolute Gasteiger partial charge is 0.490 e. The highest BCUT2D eigenvalue weighted by Gasteiger charge is 2.31. The first-order valence-electron chi connectivity index (χ1n) is 23.3. The molecule has 0 aromatic heterocycles. The van der Waals surface area contributed by atoms with Crippen molar-refractivity contribution in [3.8, 4) is 80.3 Å². The number of hydrogen-bond donors (Lipinski definition) is 2. The molecule has 0 spiro atoms. The SMILES string of the molecule is CC(C)(c1cc(-c2cccc3c(C#N)cccc23)c(OCCO)c(-c2cccc3c(C#N)cccc23)c1)c1cc(-c2cccc3c(C#N)cccc23)c(OCCO)c(-c2cccc3c(C#N)cccc23)c1. The van der Waals surface area contributed by atoms with Crippen LogP contribution in [0.5, 0.6) is 11.5 Å². The van der Waals surface area contributed by atoms with E-state index in [1.54, 1.807) is 24.3 Å². The van der Waals surface area contributed by atoms with Crippen LogP contribution in [0, 0.1) is 45.3 Å². The molecular formula is C63H44N4O4. The second kappa shape index (κ2) is 19.0. The molecule has 340 valence electrons. The van der Waals surface area contributed by atoms with Gasteiger partial charge in [-0.2, -0.15) is 21.0 Å². The van der Waals surface area contributed by atoms with Crippen molar-refractivity contribution in [2.75, 3.05) is 26.4 Å². The van der Waals surface area contributed by atoms with Crippen molar-refractivity contribution in [2.45, 2.75) is 19.3 Å². The van der Waals surface area contributed by atoms with Gasteiger partial charge in [-0.25, -0.2) is 0 Å². The maximum Gasteiger partial charge on any atom is 0.135 e. The summed E-state index contributed by atoms with van der Waals surface area (Å²) in [6, 6.07) is 64.4. The van der Waals surface area contributed by atoms with E-state index in [1.165, 1.54) is 0 Å². The normalized spacial score (nSPS) is 11.3. The van der Waals surface area contributed by atoms with Gasteiger partial charge in [0, 0.05) is 49.2 Å². The van der Waals surface area contributed by atoms with Crippen LogP contribution in [0.15, 0.2) is 170 Å². The first kappa shape index (κ1) is 45.5. The van der Waals surface area contributed by atoms with Crippen LogP contribution in [0.3, 0.4) is 0 Å². The lowest BCUT2D eigenvalue weighted by atomic mass is 9.74. The zero-order chi connectivity index (χ0) is 49.2. The standard InChI is InChI=1S/C63H44N4O4/c1-63(2,43-31-57(53-23-7-15-45-39(35-64)11-3-19-49(45)53)61(70-29-27-68)58(32-43)54-24-8-16-46-40(36-65)12-4-20-50(46)54)44-33-59(55-25-9-17-47-41(37-66)13-5-21-51(47)55)62(71-30-28-69)60(34-44)56-26-10-18-48-42(38-67)14-6-22-52(48)56/h3-26,31-34,68-69H,27-30H2,1-2H3. The van der Waals surface area contributed by atoms with Crippen LogP contribution in [0.1, 0.15) is 47.2 Å². The number of nitrogens with zero attached hydrogens (tertiary/aromatic N) is 4. The molecule has 0 amide bonds. The number of benzene rings is 10. The fourth-order valence-electron chi connectivity index (χ4n) is 10.1. The van der Waals surface area contributed by atoms with Gasteiger partial charge in [-0.05, 0) is 103 Å². The van der Waals surface area contributed by atoms with E-state index >= 15 is 0 Å². The average Bonchev–Trinajstić information content (AvgIpc) is 3.42. The molecule has 0 saturated carbocycles. The molecule has 0 aliphatic carbocycles. The smallest absolute Gasteiger partial charge is 0.135 e. The minimum absolute atomic E-state index is 0.00425. The second-order valence-electron chi connectivity index (χ2n) is 17.8. The monoisotopic (exact) mass is 920 g/mol. The van der Waals surface area contributed by atoms with Gasteiger partial charge in [-0.1, -0.05) is 135 Å². The Labute approximate surface area is 411 Å². The van der Waals surface area contributed by atoms with Crippen molar-refractivity contribution >= 4 is 43.1 Å². The van der Waals surface area contributed by atoms with Gasteiger partial charge in [-0.3, -0.25) is 0 Å². The molecule has 0 fully saturated rings. The molecule has 8 nitrogen and oxygen atoms in total. The Morgan fingerprint density at radius 1 is 0.352 bits per heavy atom.